The normalized spacial score (nSPS) is 34.1. The van der Waals surface area contributed by atoms with E-state index >= 15 is 0 Å². The van der Waals surface area contributed by atoms with Crippen LogP contribution in [0.3, 0.4) is 0 Å². The van der Waals surface area contributed by atoms with Crippen LogP contribution in [0.15, 0.2) is 0 Å². The van der Waals surface area contributed by atoms with Crippen molar-refractivity contribution in [2.24, 2.45) is 11.7 Å². The lowest BCUT2D eigenvalue weighted by Crippen LogP contribution is -2.31. The van der Waals surface area contributed by atoms with Gasteiger partial charge >= 0.3 is 5.97 Å². The second-order valence-electron chi connectivity index (χ2n) is 2.92. The average Bonchev–Trinajstić information content (AvgIpc) is 2.28. The zero-order chi connectivity index (χ0) is 8.43. The molecular weight excluding hydrogens is 182 g/mol. The molecule has 0 bridgehead atoms. The minimum atomic E-state index is -0.436. The summed E-state index contributed by atoms with van der Waals surface area (Å²) >= 11 is 0. The summed E-state index contributed by atoms with van der Waals surface area (Å²) < 4.78 is 4.52. The predicted octanol–water partition coefficient (Wildman–Crippen LogP) is -0.321. The Morgan fingerprint density at radius 2 is 2.17 bits per heavy atom. The molecule has 1 rings (SSSR count). The molecule has 0 saturated heterocycles. The number of esters is 1. The molecule has 0 aliphatic heterocycles. The first-order valence-corrected chi connectivity index (χ1v) is 3.66. The quantitative estimate of drug-likeness (QED) is 0.563. The van der Waals surface area contributed by atoms with Crippen molar-refractivity contribution in [3.05, 3.63) is 0 Å². The molecule has 4 nitrogen and oxygen atoms in total. The number of halogens is 1. The molecule has 1 saturated carbocycles. The van der Waals surface area contributed by atoms with E-state index in [1.807, 2.05) is 0 Å². The van der Waals surface area contributed by atoms with Crippen molar-refractivity contribution in [3.8, 4) is 0 Å². The van der Waals surface area contributed by atoms with Crippen molar-refractivity contribution >= 4 is 18.4 Å². The third kappa shape index (κ3) is 2.33. The van der Waals surface area contributed by atoms with Gasteiger partial charge in [0.25, 0.3) is 0 Å². The number of ether oxygens (including phenoxy) is 1. The van der Waals surface area contributed by atoms with E-state index in [0.717, 1.165) is 0 Å². The molecule has 0 aromatic carbocycles. The van der Waals surface area contributed by atoms with E-state index in [1.54, 1.807) is 0 Å². The van der Waals surface area contributed by atoms with E-state index in [-0.39, 0.29) is 30.3 Å². The molecule has 1 fully saturated rings. The van der Waals surface area contributed by atoms with Gasteiger partial charge < -0.3 is 15.6 Å². The van der Waals surface area contributed by atoms with Crippen LogP contribution in [-0.4, -0.2) is 30.3 Å². The van der Waals surface area contributed by atoms with E-state index in [2.05, 4.69) is 4.74 Å². The lowest BCUT2D eigenvalue weighted by Gasteiger charge is -2.10. The number of hydrogen-bond acceptors (Lipinski definition) is 4. The highest BCUT2D eigenvalue weighted by molar-refractivity contribution is 5.85. The fourth-order valence-electron chi connectivity index (χ4n) is 1.46. The maximum atomic E-state index is 11.0. The van der Waals surface area contributed by atoms with Crippen LogP contribution in [-0.2, 0) is 9.53 Å². The first-order valence-electron chi connectivity index (χ1n) is 3.66. The fraction of sp³-hybridized carbons (Fsp3) is 0.857. The minimum absolute atomic E-state index is 0. The van der Waals surface area contributed by atoms with Gasteiger partial charge in [0.05, 0.1) is 19.1 Å². The van der Waals surface area contributed by atoms with Crippen molar-refractivity contribution in [1.82, 2.24) is 0 Å². The lowest BCUT2D eigenvalue weighted by atomic mass is 10.1. The summed E-state index contributed by atoms with van der Waals surface area (Å²) in [5.74, 6) is -0.621. The van der Waals surface area contributed by atoms with Crippen molar-refractivity contribution < 1.29 is 14.6 Å². The number of aliphatic hydroxyl groups is 1. The molecule has 1 aliphatic carbocycles. The number of rotatable bonds is 1. The van der Waals surface area contributed by atoms with Gasteiger partial charge in [0.2, 0.25) is 0 Å². The van der Waals surface area contributed by atoms with Crippen molar-refractivity contribution in [2.75, 3.05) is 7.11 Å². The number of nitrogens with two attached hydrogens (primary N) is 1. The molecule has 0 radical (unpaired) electrons. The second kappa shape index (κ2) is 4.64. The second-order valence-corrected chi connectivity index (χ2v) is 2.92. The van der Waals surface area contributed by atoms with Crippen LogP contribution in [0, 0.1) is 5.92 Å². The molecule has 72 valence electrons. The van der Waals surface area contributed by atoms with E-state index in [9.17, 15) is 4.79 Å². The molecule has 1 aliphatic rings. The van der Waals surface area contributed by atoms with Gasteiger partial charge in [-0.05, 0) is 12.8 Å². The summed E-state index contributed by atoms with van der Waals surface area (Å²) in [6.45, 7) is 0. The predicted molar refractivity (Wildman–Crippen MR) is 46.0 cm³/mol. The number of aliphatic hydroxyl groups excluding tert-OH is 1. The smallest absolute Gasteiger partial charge is 0.310 e. The summed E-state index contributed by atoms with van der Waals surface area (Å²) in [6.07, 6.45) is 0.502. The van der Waals surface area contributed by atoms with Crippen LogP contribution in [0.4, 0.5) is 0 Å². The Hall–Kier alpha value is -0.320. The van der Waals surface area contributed by atoms with Gasteiger partial charge in [0, 0.05) is 6.04 Å². The summed E-state index contributed by atoms with van der Waals surface area (Å²) in [6, 6.07) is -0.238. The molecule has 0 aromatic rings. The largest absolute Gasteiger partial charge is 0.469 e. The van der Waals surface area contributed by atoms with Crippen LogP contribution < -0.4 is 5.73 Å². The maximum absolute atomic E-state index is 11.0. The topological polar surface area (TPSA) is 72.5 Å². The molecule has 0 aromatic heterocycles. The van der Waals surface area contributed by atoms with E-state index in [4.69, 9.17) is 10.8 Å². The Morgan fingerprint density at radius 1 is 1.58 bits per heavy atom. The fourth-order valence-corrected chi connectivity index (χ4v) is 1.46. The average molecular weight is 196 g/mol. The molecule has 3 atom stereocenters. The molecule has 0 heterocycles. The summed E-state index contributed by atoms with van der Waals surface area (Å²) in [7, 11) is 1.33. The van der Waals surface area contributed by atoms with Crippen LogP contribution in [0.5, 0.6) is 0 Å². The Labute approximate surface area is 77.5 Å². The van der Waals surface area contributed by atoms with Gasteiger partial charge in [0.1, 0.15) is 0 Å². The molecule has 3 N–H and O–H groups in total. The summed E-state index contributed by atoms with van der Waals surface area (Å²) in [4.78, 5) is 11.0. The zero-order valence-corrected chi connectivity index (χ0v) is 7.71. The van der Waals surface area contributed by atoms with Crippen LogP contribution in [0.25, 0.3) is 0 Å². The molecule has 0 amide bonds. The third-order valence-corrected chi connectivity index (χ3v) is 2.09. The van der Waals surface area contributed by atoms with Gasteiger partial charge in [-0.2, -0.15) is 0 Å². The van der Waals surface area contributed by atoms with E-state index in [1.165, 1.54) is 7.11 Å². The zero-order valence-electron chi connectivity index (χ0n) is 6.90. The Bertz CT molecular complexity index is 165. The number of methoxy groups -OCH3 is 1. The Kier molecular flexibility index (Phi) is 4.52. The third-order valence-electron chi connectivity index (χ3n) is 2.09. The molecule has 5 heteroatoms. The maximum Gasteiger partial charge on any atom is 0.310 e. The summed E-state index contributed by atoms with van der Waals surface area (Å²) in [5.41, 5.74) is 5.59. The SMILES string of the molecule is COC(=O)C1CC(O)CC1N.Cl. The first-order chi connectivity index (χ1) is 5.15. The van der Waals surface area contributed by atoms with Crippen molar-refractivity contribution in [2.45, 2.75) is 25.0 Å². The van der Waals surface area contributed by atoms with E-state index in [0.29, 0.717) is 12.8 Å². The highest BCUT2D eigenvalue weighted by Gasteiger charge is 2.36. The number of carbonyl (C=O) groups excluding carboxylic acids is 1. The lowest BCUT2D eigenvalue weighted by molar-refractivity contribution is -0.145. The van der Waals surface area contributed by atoms with Gasteiger partial charge in [-0.25, -0.2) is 0 Å². The molecule has 0 spiro atoms. The minimum Gasteiger partial charge on any atom is -0.469 e. The summed E-state index contributed by atoms with van der Waals surface area (Å²) in [5, 5.41) is 9.13. The molecule has 3 unspecified atom stereocenters. The van der Waals surface area contributed by atoms with Crippen LogP contribution >= 0.6 is 12.4 Å². The highest BCUT2D eigenvalue weighted by atomic mass is 35.5. The van der Waals surface area contributed by atoms with Crippen LogP contribution in [0.2, 0.25) is 0 Å². The van der Waals surface area contributed by atoms with Gasteiger partial charge in [-0.15, -0.1) is 12.4 Å². The number of carbonyl (C=O) groups is 1. The Balaban J connectivity index is 0.00000121. The van der Waals surface area contributed by atoms with Gasteiger partial charge in [-0.3, -0.25) is 4.79 Å². The Morgan fingerprint density at radius 3 is 2.50 bits per heavy atom. The van der Waals surface area contributed by atoms with Crippen LogP contribution in [0.1, 0.15) is 12.8 Å². The standard InChI is InChI=1S/C7H13NO3.ClH/c1-11-7(10)5-2-4(9)3-6(5)8;/h4-6,9H,2-3,8H2,1H3;1H. The first kappa shape index (κ1) is 11.7. The number of hydrogen-bond donors (Lipinski definition) is 2. The molecule has 12 heavy (non-hydrogen) atoms. The van der Waals surface area contributed by atoms with Gasteiger partial charge in [-0.1, -0.05) is 0 Å². The van der Waals surface area contributed by atoms with Gasteiger partial charge in [0.15, 0.2) is 0 Å². The van der Waals surface area contributed by atoms with E-state index < -0.39 is 6.10 Å². The molecular formula is C7H14ClNO3. The van der Waals surface area contributed by atoms with Crippen molar-refractivity contribution in [3.63, 3.8) is 0 Å². The highest BCUT2D eigenvalue weighted by Crippen LogP contribution is 2.25. The monoisotopic (exact) mass is 195 g/mol. The van der Waals surface area contributed by atoms with Crippen molar-refractivity contribution in [1.29, 1.82) is 0 Å².